The Balaban J connectivity index is 2.25. The van der Waals surface area contributed by atoms with Gasteiger partial charge < -0.3 is 13.9 Å². The first-order valence-electron chi connectivity index (χ1n) is 6.15. The van der Waals surface area contributed by atoms with Gasteiger partial charge in [0.1, 0.15) is 5.76 Å². The lowest BCUT2D eigenvalue weighted by atomic mass is 10.1. The number of para-hydroxylation sites is 1. The van der Waals surface area contributed by atoms with Gasteiger partial charge in [-0.15, -0.1) is 0 Å². The summed E-state index contributed by atoms with van der Waals surface area (Å²) in [6.07, 6.45) is 3.14. The Morgan fingerprint density at radius 3 is 2.55 bits per heavy atom. The van der Waals surface area contributed by atoms with Crippen molar-refractivity contribution in [1.82, 2.24) is 0 Å². The third-order valence-corrected chi connectivity index (χ3v) is 2.83. The van der Waals surface area contributed by atoms with Crippen LogP contribution in [0.3, 0.4) is 0 Å². The number of ketones is 1. The smallest absolute Gasteiger partial charge is 0.221 e. The summed E-state index contributed by atoms with van der Waals surface area (Å²) < 4.78 is 15.8. The van der Waals surface area contributed by atoms with Gasteiger partial charge in [0.05, 0.1) is 14.2 Å². The zero-order valence-electron chi connectivity index (χ0n) is 11.7. The second-order valence-electron chi connectivity index (χ2n) is 4.19. The zero-order chi connectivity index (χ0) is 14.5. The number of ether oxygens (including phenoxy) is 2. The number of hydrogen-bond donors (Lipinski definition) is 0. The molecule has 0 amide bonds. The van der Waals surface area contributed by atoms with Gasteiger partial charge in [-0.3, -0.25) is 4.79 Å². The summed E-state index contributed by atoms with van der Waals surface area (Å²) in [4.78, 5) is 11.9. The maximum Gasteiger partial charge on any atom is 0.221 e. The highest BCUT2D eigenvalue weighted by Crippen LogP contribution is 2.31. The summed E-state index contributed by atoms with van der Waals surface area (Å²) in [6, 6.07) is 8.90. The molecule has 104 valence electrons. The predicted octanol–water partition coefficient (Wildman–Crippen LogP) is 3.50. The van der Waals surface area contributed by atoms with E-state index in [1.165, 1.54) is 6.08 Å². The molecule has 1 heterocycles. The molecule has 0 spiro atoms. The van der Waals surface area contributed by atoms with Crippen molar-refractivity contribution >= 4 is 11.9 Å². The van der Waals surface area contributed by atoms with Gasteiger partial charge in [0.25, 0.3) is 0 Å². The fourth-order valence-electron chi connectivity index (χ4n) is 1.86. The highest BCUT2D eigenvalue weighted by molar-refractivity contribution is 6.05. The van der Waals surface area contributed by atoms with E-state index >= 15 is 0 Å². The van der Waals surface area contributed by atoms with Crippen molar-refractivity contribution < 1.29 is 18.7 Å². The van der Waals surface area contributed by atoms with Crippen LogP contribution in [-0.4, -0.2) is 20.0 Å². The van der Waals surface area contributed by atoms with Crippen LogP contribution >= 0.6 is 0 Å². The average molecular weight is 272 g/mol. The maximum absolute atomic E-state index is 11.9. The monoisotopic (exact) mass is 272 g/mol. The Hall–Kier alpha value is -2.49. The van der Waals surface area contributed by atoms with Crippen molar-refractivity contribution in [2.24, 2.45) is 0 Å². The van der Waals surface area contributed by atoms with Crippen LogP contribution in [0.25, 0.3) is 6.08 Å². The first-order chi connectivity index (χ1) is 9.65. The van der Waals surface area contributed by atoms with Gasteiger partial charge in [-0.25, -0.2) is 0 Å². The van der Waals surface area contributed by atoms with Crippen molar-refractivity contribution in [2.45, 2.75) is 6.92 Å². The minimum Gasteiger partial charge on any atom is -0.493 e. The molecule has 0 atom stereocenters. The number of furan rings is 1. The van der Waals surface area contributed by atoms with E-state index in [4.69, 9.17) is 13.9 Å². The Morgan fingerprint density at radius 1 is 1.15 bits per heavy atom. The molecule has 2 aromatic rings. The topological polar surface area (TPSA) is 48.7 Å². The molecule has 1 aromatic carbocycles. The van der Waals surface area contributed by atoms with E-state index in [2.05, 4.69) is 0 Å². The Morgan fingerprint density at radius 2 is 1.95 bits per heavy atom. The summed E-state index contributed by atoms with van der Waals surface area (Å²) >= 11 is 0. The normalized spacial score (nSPS) is 10.8. The standard InChI is InChI=1S/C16H16O4/c1-11-7-10-14(20-11)13(17)9-8-12-5-4-6-15(18-2)16(12)19-3/h4-10H,1-3H3. The molecule has 0 unspecified atom stereocenters. The summed E-state index contributed by atoms with van der Waals surface area (Å²) in [6.45, 7) is 1.80. The Kier molecular flexibility index (Phi) is 4.25. The van der Waals surface area contributed by atoms with Crippen molar-refractivity contribution in [3.8, 4) is 11.5 Å². The molecular formula is C16H16O4. The molecule has 0 N–H and O–H groups in total. The second kappa shape index (κ2) is 6.10. The molecule has 0 radical (unpaired) electrons. The van der Waals surface area contributed by atoms with Crippen LogP contribution in [0.2, 0.25) is 0 Å². The molecule has 0 fully saturated rings. The first kappa shape index (κ1) is 13.9. The van der Waals surface area contributed by atoms with E-state index in [9.17, 15) is 4.79 Å². The molecule has 0 aliphatic rings. The van der Waals surface area contributed by atoms with Crippen molar-refractivity contribution in [3.63, 3.8) is 0 Å². The van der Waals surface area contributed by atoms with E-state index in [-0.39, 0.29) is 5.78 Å². The highest BCUT2D eigenvalue weighted by Gasteiger charge is 2.09. The molecule has 20 heavy (non-hydrogen) atoms. The van der Waals surface area contributed by atoms with Crippen LogP contribution in [0.4, 0.5) is 0 Å². The van der Waals surface area contributed by atoms with Gasteiger partial charge in [0.15, 0.2) is 17.3 Å². The quantitative estimate of drug-likeness (QED) is 0.617. The van der Waals surface area contributed by atoms with Crippen LogP contribution in [0.5, 0.6) is 11.5 Å². The van der Waals surface area contributed by atoms with Gasteiger partial charge in [0.2, 0.25) is 5.78 Å². The lowest BCUT2D eigenvalue weighted by Gasteiger charge is -2.09. The highest BCUT2D eigenvalue weighted by atomic mass is 16.5. The summed E-state index contributed by atoms with van der Waals surface area (Å²) in [5.41, 5.74) is 0.767. The van der Waals surface area contributed by atoms with Crippen molar-refractivity contribution in [2.75, 3.05) is 14.2 Å². The first-order valence-corrected chi connectivity index (χ1v) is 6.15. The molecule has 0 aliphatic heterocycles. The third kappa shape index (κ3) is 2.91. The van der Waals surface area contributed by atoms with Crippen LogP contribution in [-0.2, 0) is 0 Å². The lowest BCUT2D eigenvalue weighted by Crippen LogP contribution is -1.94. The number of methoxy groups -OCH3 is 2. The van der Waals surface area contributed by atoms with Crippen molar-refractivity contribution in [3.05, 3.63) is 53.5 Å². The maximum atomic E-state index is 11.9. The Labute approximate surface area is 117 Å². The minimum absolute atomic E-state index is 0.192. The summed E-state index contributed by atoms with van der Waals surface area (Å²) in [5.74, 6) is 2.05. The van der Waals surface area contributed by atoms with E-state index < -0.39 is 0 Å². The predicted molar refractivity (Wildman–Crippen MR) is 76.4 cm³/mol. The molecule has 0 saturated carbocycles. The molecule has 0 bridgehead atoms. The van der Waals surface area contributed by atoms with Crippen LogP contribution in [0, 0.1) is 6.92 Å². The fraction of sp³-hybridized carbons (Fsp3) is 0.188. The van der Waals surface area contributed by atoms with Gasteiger partial charge in [-0.1, -0.05) is 12.1 Å². The fourth-order valence-corrected chi connectivity index (χ4v) is 1.86. The molecular weight excluding hydrogens is 256 g/mol. The number of hydrogen-bond acceptors (Lipinski definition) is 4. The largest absolute Gasteiger partial charge is 0.493 e. The van der Waals surface area contributed by atoms with Gasteiger partial charge in [-0.2, -0.15) is 0 Å². The van der Waals surface area contributed by atoms with Gasteiger partial charge >= 0.3 is 0 Å². The number of benzene rings is 1. The number of allylic oxidation sites excluding steroid dienone is 1. The van der Waals surface area contributed by atoms with Gasteiger partial charge in [-0.05, 0) is 37.3 Å². The number of aryl methyl sites for hydroxylation is 1. The van der Waals surface area contributed by atoms with Crippen molar-refractivity contribution in [1.29, 1.82) is 0 Å². The third-order valence-electron chi connectivity index (χ3n) is 2.83. The second-order valence-corrected chi connectivity index (χ2v) is 4.19. The lowest BCUT2D eigenvalue weighted by molar-refractivity contribution is 0.102. The van der Waals surface area contributed by atoms with E-state index in [1.54, 1.807) is 45.4 Å². The molecule has 1 aromatic heterocycles. The van der Waals surface area contributed by atoms with E-state index in [1.807, 2.05) is 12.1 Å². The zero-order valence-corrected chi connectivity index (χ0v) is 11.7. The van der Waals surface area contributed by atoms with E-state index in [0.717, 1.165) is 5.56 Å². The average Bonchev–Trinajstić information content (AvgIpc) is 2.90. The Bertz CT molecular complexity index is 638. The number of carbonyl (C=O) groups is 1. The SMILES string of the molecule is COc1cccc(C=CC(=O)c2ccc(C)o2)c1OC. The van der Waals surface area contributed by atoms with Crippen LogP contribution < -0.4 is 9.47 Å². The van der Waals surface area contributed by atoms with Gasteiger partial charge in [0, 0.05) is 5.56 Å². The molecule has 2 rings (SSSR count). The molecule has 0 aliphatic carbocycles. The number of rotatable bonds is 5. The van der Waals surface area contributed by atoms with E-state index in [0.29, 0.717) is 23.0 Å². The van der Waals surface area contributed by atoms with Crippen LogP contribution in [0.1, 0.15) is 21.9 Å². The molecule has 4 heteroatoms. The molecule has 4 nitrogen and oxygen atoms in total. The summed E-state index contributed by atoms with van der Waals surface area (Å²) in [7, 11) is 3.13. The molecule has 0 saturated heterocycles. The summed E-state index contributed by atoms with van der Waals surface area (Å²) in [5, 5.41) is 0. The van der Waals surface area contributed by atoms with Crippen LogP contribution in [0.15, 0.2) is 40.8 Å². The number of carbonyl (C=O) groups excluding carboxylic acids is 1. The minimum atomic E-state index is -0.192.